The molecule has 18 heavy (non-hydrogen) atoms. The van der Waals surface area contributed by atoms with E-state index in [4.69, 9.17) is 0 Å². The molecule has 0 aliphatic heterocycles. The van der Waals surface area contributed by atoms with Crippen LogP contribution in [0.25, 0.3) is 0 Å². The van der Waals surface area contributed by atoms with Gasteiger partial charge in [0.05, 0.1) is 11.8 Å². The van der Waals surface area contributed by atoms with Gasteiger partial charge in [-0.3, -0.25) is 4.68 Å². The minimum Gasteiger partial charge on any atom is -0.388 e. The minimum absolute atomic E-state index is 0.285. The summed E-state index contributed by atoms with van der Waals surface area (Å²) in [4.78, 5) is 0. The summed E-state index contributed by atoms with van der Waals surface area (Å²) >= 11 is 2.04. The van der Waals surface area contributed by atoms with Crippen molar-refractivity contribution in [2.75, 3.05) is 0 Å². The molecule has 0 spiro atoms. The molecular weight excluding hydrogens is 346 g/mol. The third-order valence-electron chi connectivity index (χ3n) is 2.82. The van der Waals surface area contributed by atoms with Crippen LogP contribution < -0.4 is 0 Å². The van der Waals surface area contributed by atoms with Crippen molar-refractivity contribution in [3.05, 3.63) is 50.6 Å². The fraction of sp³-hybridized carbons (Fsp3) is 0.308. The largest absolute Gasteiger partial charge is 0.388 e. The average molecular weight is 360 g/mol. The van der Waals surface area contributed by atoms with Crippen molar-refractivity contribution < 1.29 is 9.50 Å². The van der Waals surface area contributed by atoms with Crippen molar-refractivity contribution >= 4 is 22.6 Å². The molecule has 1 aromatic carbocycles. The quantitative estimate of drug-likeness (QED) is 0.855. The Labute approximate surface area is 119 Å². The first-order valence-electron chi connectivity index (χ1n) is 5.60. The predicted molar refractivity (Wildman–Crippen MR) is 75.7 cm³/mol. The summed E-state index contributed by atoms with van der Waals surface area (Å²) in [6, 6.07) is 6.37. The van der Waals surface area contributed by atoms with Gasteiger partial charge in [-0.05, 0) is 53.3 Å². The first kappa shape index (κ1) is 13.5. The molecule has 0 fully saturated rings. The van der Waals surface area contributed by atoms with Crippen LogP contribution in [0, 0.1) is 16.3 Å². The Morgan fingerprint density at radius 1 is 1.44 bits per heavy atom. The summed E-state index contributed by atoms with van der Waals surface area (Å²) in [6.45, 7) is 1.91. The molecule has 0 aliphatic rings. The van der Waals surface area contributed by atoms with Gasteiger partial charge in [-0.2, -0.15) is 5.10 Å². The van der Waals surface area contributed by atoms with Crippen LogP contribution in [0.4, 0.5) is 4.39 Å². The van der Waals surface area contributed by atoms with Crippen LogP contribution in [-0.4, -0.2) is 14.9 Å². The number of aromatic nitrogens is 2. The lowest BCUT2D eigenvalue weighted by Gasteiger charge is -2.13. The molecule has 0 radical (unpaired) electrons. The maximum atomic E-state index is 13.0. The van der Waals surface area contributed by atoms with Crippen molar-refractivity contribution in [2.24, 2.45) is 7.05 Å². The summed E-state index contributed by atoms with van der Waals surface area (Å²) < 4.78 is 15.5. The lowest BCUT2D eigenvalue weighted by molar-refractivity contribution is 0.175. The number of nitrogens with zero attached hydrogens (tertiary/aromatic N) is 2. The molecule has 0 bridgehead atoms. The zero-order chi connectivity index (χ0) is 13.3. The first-order chi connectivity index (χ1) is 8.47. The lowest BCUT2D eigenvalue weighted by atomic mass is 10.0. The number of aliphatic hydroxyl groups is 1. The maximum Gasteiger partial charge on any atom is 0.124 e. The average Bonchev–Trinajstić information content (AvgIpc) is 2.57. The standard InChI is InChI=1S/C13H14FIN2O/c1-8-5-10(17(2)16-8)7-13(18)11-4-3-9(14)6-12(11)15/h3-6,13,18H,7H2,1-2H3. The zero-order valence-electron chi connectivity index (χ0n) is 10.2. The van der Waals surface area contributed by atoms with Gasteiger partial charge in [0.2, 0.25) is 0 Å². The Bertz CT molecular complexity index is 568. The van der Waals surface area contributed by atoms with Gasteiger partial charge < -0.3 is 5.11 Å². The molecule has 0 saturated heterocycles. The highest BCUT2D eigenvalue weighted by molar-refractivity contribution is 14.1. The summed E-state index contributed by atoms with van der Waals surface area (Å²) in [5.41, 5.74) is 2.63. The van der Waals surface area contributed by atoms with Gasteiger partial charge in [0.15, 0.2) is 0 Å². The van der Waals surface area contributed by atoms with E-state index in [1.165, 1.54) is 12.1 Å². The van der Waals surface area contributed by atoms with Crippen molar-refractivity contribution in [3.63, 3.8) is 0 Å². The molecule has 1 N–H and O–H groups in total. The normalized spacial score (nSPS) is 12.7. The number of hydrogen-bond donors (Lipinski definition) is 1. The van der Waals surface area contributed by atoms with Crippen molar-refractivity contribution in [1.82, 2.24) is 9.78 Å². The smallest absolute Gasteiger partial charge is 0.124 e. The van der Waals surface area contributed by atoms with E-state index in [2.05, 4.69) is 5.10 Å². The fourth-order valence-electron chi connectivity index (χ4n) is 1.94. The van der Waals surface area contributed by atoms with Crippen LogP contribution in [0.2, 0.25) is 0 Å². The number of aryl methyl sites for hydroxylation is 2. The van der Waals surface area contributed by atoms with E-state index >= 15 is 0 Å². The molecule has 0 amide bonds. The number of hydrogen-bond acceptors (Lipinski definition) is 2. The minimum atomic E-state index is -0.646. The lowest BCUT2D eigenvalue weighted by Crippen LogP contribution is -2.08. The summed E-state index contributed by atoms with van der Waals surface area (Å²) in [5, 5.41) is 14.4. The Hall–Kier alpha value is -0.950. The fourth-order valence-corrected chi connectivity index (χ4v) is 2.77. The maximum absolute atomic E-state index is 13.0. The van der Waals surface area contributed by atoms with Gasteiger partial charge in [0.1, 0.15) is 5.82 Å². The number of aliphatic hydroxyl groups excluding tert-OH is 1. The van der Waals surface area contributed by atoms with Gasteiger partial charge in [0.25, 0.3) is 0 Å². The monoisotopic (exact) mass is 360 g/mol. The molecule has 0 saturated carbocycles. The third-order valence-corrected chi connectivity index (χ3v) is 3.76. The molecule has 1 heterocycles. The van der Waals surface area contributed by atoms with E-state index in [0.29, 0.717) is 6.42 Å². The van der Waals surface area contributed by atoms with Crippen LogP contribution >= 0.6 is 22.6 Å². The third kappa shape index (κ3) is 2.89. The van der Waals surface area contributed by atoms with Crippen molar-refractivity contribution in [1.29, 1.82) is 0 Å². The van der Waals surface area contributed by atoms with E-state index in [1.807, 2.05) is 42.6 Å². The van der Waals surface area contributed by atoms with E-state index < -0.39 is 6.10 Å². The molecule has 2 rings (SSSR count). The van der Waals surface area contributed by atoms with Crippen LogP contribution in [-0.2, 0) is 13.5 Å². The van der Waals surface area contributed by atoms with Gasteiger partial charge in [-0.25, -0.2) is 4.39 Å². The summed E-state index contributed by atoms with van der Waals surface area (Å²) in [6.07, 6.45) is -0.175. The van der Waals surface area contributed by atoms with E-state index in [9.17, 15) is 9.50 Å². The molecule has 3 nitrogen and oxygen atoms in total. The predicted octanol–water partition coefficient (Wildman–Crippen LogP) is 2.75. The Kier molecular flexibility index (Phi) is 4.01. The van der Waals surface area contributed by atoms with Gasteiger partial charge in [-0.15, -0.1) is 0 Å². The molecule has 1 unspecified atom stereocenters. The Morgan fingerprint density at radius 3 is 2.72 bits per heavy atom. The van der Waals surface area contributed by atoms with E-state index in [-0.39, 0.29) is 5.82 Å². The van der Waals surface area contributed by atoms with Crippen LogP contribution in [0.15, 0.2) is 24.3 Å². The highest BCUT2D eigenvalue weighted by Crippen LogP contribution is 2.24. The summed E-state index contributed by atoms with van der Waals surface area (Å²) in [7, 11) is 1.85. The zero-order valence-corrected chi connectivity index (χ0v) is 12.3. The van der Waals surface area contributed by atoms with Gasteiger partial charge in [-0.1, -0.05) is 6.07 Å². The SMILES string of the molecule is Cc1cc(CC(O)c2ccc(F)cc2I)n(C)n1. The number of benzene rings is 1. The van der Waals surface area contributed by atoms with E-state index in [1.54, 1.807) is 10.7 Å². The molecule has 5 heteroatoms. The first-order valence-corrected chi connectivity index (χ1v) is 6.68. The Balaban J connectivity index is 2.21. The molecule has 96 valence electrons. The molecule has 2 aromatic rings. The number of rotatable bonds is 3. The molecule has 1 atom stereocenters. The van der Waals surface area contributed by atoms with Crippen LogP contribution in [0.5, 0.6) is 0 Å². The van der Waals surface area contributed by atoms with Crippen molar-refractivity contribution in [3.8, 4) is 0 Å². The highest BCUT2D eigenvalue weighted by atomic mass is 127. The van der Waals surface area contributed by atoms with Crippen LogP contribution in [0.1, 0.15) is 23.1 Å². The summed E-state index contributed by atoms with van der Waals surface area (Å²) in [5.74, 6) is -0.285. The number of halogens is 2. The van der Waals surface area contributed by atoms with Gasteiger partial charge >= 0.3 is 0 Å². The van der Waals surface area contributed by atoms with Crippen LogP contribution in [0.3, 0.4) is 0 Å². The molecule has 0 aliphatic carbocycles. The second kappa shape index (κ2) is 5.36. The second-order valence-corrected chi connectivity index (χ2v) is 5.45. The second-order valence-electron chi connectivity index (χ2n) is 4.29. The topological polar surface area (TPSA) is 38.0 Å². The van der Waals surface area contributed by atoms with Crippen molar-refractivity contribution in [2.45, 2.75) is 19.4 Å². The highest BCUT2D eigenvalue weighted by Gasteiger charge is 2.15. The van der Waals surface area contributed by atoms with E-state index in [0.717, 1.165) is 20.5 Å². The molecule has 1 aromatic heterocycles. The Morgan fingerprint density at radius 2 is 2.17 bits per heavy atom. The molecular formula is C13H14FIN2O. The van der Waals surface area contributed by atoms with Gasteiger partial charge in [0, 0.05) is 22.7 Å².